The van der Waals surface area contributed by atoms with Crippen LogP contribution in [0, 0.1) is 11.3 Å². The van der Waals surface area contributed by atoms with Crippen LogP contribution in [-0.4, -0.2) is 96.8 Å². The standard InChI is InChI=1S/C34H48N4O4/c1-25(39)36-18-16-26(17-19-36)22-31(40)38-21-20-37(23-30(38)34(2,3)4)33(27-10-8-7-9-11-27)28-12-14-29(15-13-28)42-24-32(41)35(5)6/h7-15,26,30,33H,16-24H2,1-6H3/t30-,33?/m1/s1. The Labute approximate surface area is 251 Å². The molecule has 2 fully saturated rings. The number of nitrogens with zero attached hydrogens (tertiary/aromatic N) is 4. The molecule has 0 radical (unpaired) electrons. The van der Waals surface area contributed by atoms with E-state index < -0.39 is 0 Å². The highest BCUT2D eigenvalue weighted by Crippen LogP contribution is 2.36. The molecule has 1 unspecified atom stereocenters. The Kier molecular flexibility index (Phi) is 10.3. The first-order chi connectivity index (χ1) is 19.9. The number of hydrogen-bond donors (Lipinski definition) is 0. The van der Waals surface area contributed by atoms with Gasteiger partial charge in [0, 0.05) is 66.2 Å². The van der Waals surface area contributed by atoms with E-state index in [1.807, 2.05) is 23.1 Å². The average Bonchev–Trinajstić information content (AvgIpc) is 2.97. The van der Waals surface area contributed by atoms with Gasteiger partial charge in [0.05, 0.1) is 6.04 Å². The van der Waals surface area contributed by atoms with Gasteiger partial charge in [0.2, 0.25) is 11.8 Å². The summed E-state index contributed by atoms with van der Waals surface area (Å²) in [5.74, 6) is 1.28. The molecule has 8 nitrogen and oxygen atoms in total. The van der Waals surface area contributed by atoms with Crippen molar-refractivity contribution in [2.75, 3.05) is 53.4 Å². The van der Waals surface area contributed by atoms with Crippen LogP contribution in [0.5, 0.6) is 5.75 Å². The van der Waals surface area contributed by atoms with E-state index in [9.17, 15) is 14.4 Å². The normalized spacial score (nSPS) is 19.3. The maximum atomic E-state index is 13.7. The molecule has 3 amide bonds. The van der Waals surface area contributed by atoms with Crippen LogP contribution in [0.3, 0.4) is 0 Å². The molecular weight excluding hydrogens is 528 g/mol. The van der Waals surface area contributed by atoms with E-state index in [0.717, 1.165) is 44.6 Å². The first kappa shape index (κ1) is 31.5. The fourth-order valence-corrected chi connectivity index (χ4v) is 6.16. The van der Waals surface area contributed by atoms with Crippen molar-refractivity contribution >= 4 is 17.7 Å². The van der Waals surface area contributed by atoms with Crippen molar-refractivity contribution < 1.29 is 19.1 Å². The topological polar surface area (TPSA) is 73.4 Å². The number of hydrogen-bond acceptors (Lipinski definition) is 5. The van der Waals surface area contributed by atoms with Crippen molar-refractivity contribution in [3.63, 3.8) is 0 Å². The summed E-state index contributed by atoms with van der Waals surface area (Å²) in [6, 6.07) is 18.7. The number of carbonyl (C=O) groups excluding carboxylic acids is 3. The van der Waals surface area contributed by atoms with Gasteiger partial charge in [-0.3, -0.25) is 19.3 Å². The molecule has 2 heterocycles. The molecule has 0 spiro atoms. The van der Waals surface area contributed by atoms with Crippen LogP contribution in [0.4, 0.5) is 0 Å². The fraction of sp³-hybridized carbons (Fsp3) is 0.559. The number of ether oxygens (including phenoxy) is 1. The molecule has 8 heteroatoms. The predicted octanol–water partition coefficient (Wildman–Crippen LogP) is 4.45. The third kappa shape index (κ3) is 7.91. The third-order valence-corrected chi connectivity index (χ3v) is 8.79. The van der Waals surface area contributed by atoms with E-state index in [1.54, 1.807) is 21.0 Å². The lowest BCUT2D eigenvalue weighted by molar-refractivity contribution is -0.141. The molecule has 2 aromatic rings. The Morgan fingerprint density at radius 2 is 1.52 bits per heavy atom. The van der Waals surface area contributed by atoms with Gasteiger partial charge in [0.25, 0.3) is 5.91 Å². The molecule has 2 atom stereocenters. The van der Waals surface area contributed by atoms with Crippen LogP contribution in [0.1, 0.15) is 64.1 Å². The molecule has 0 saturated carbocycles. The quantitative estimate of drug-likeness (QED) is 0.464. The molecule has 42 heavy (non-hydrogen) atoms. The summed E-state index contributed by atoms with van der Waals surface area (Å²) in [4.78, 5) is 45.5. The molecule has 4 rings (SSSR count). The fourth-order valence-electron chi connectivity index (χ4n) is 6.16. The van der Waals surface area contributed by atoms with Crippen molar-refractivity contribution in [1.29, 1.82) is 0 Å². The van der Waals surface area contributed by atoms with E-state index >= 15 is 0 Å². The number of amides is 3. The predicted molar refractivity (Wildman–Crippen MR) is 165 cm³/mol. The molecule has 2 saturated heterocycles. The second-order valence-electron chi connectivity index (χ2n) is 13.1. The van der Waals surface area contributed by atoms with Crippen LogP contribution in [-0.2, 0) is 14.4 Å². The Morgan fingerprint density at radius 1 is 0.905 bits per heavy atom. The summed E-state index contributed by atoms with van der Waals surface area (Å²) in [6.45, 7) is 12.0. The number of carbonyl (C=O) groups is 3. The number of likely N-dealkylation sites (tertiary alicyclic amines) is 1. The summed E-state index contributed by atoms with van der Waals surface area (Å²) in [7, 11) is 3.44. The van der Waals surface area contributed by atoms with Crippen molar-refractivity contribution in [2.24, 2.45) is 11.3 Å². The van der Waals surface area contributed by atoms with Gasteiger partial charge in [-0.25, -0.2) is 0 Å². The zero-order valence-electron chi connectivity index (χ0n) is 26.2. The lowest BCUT2D eigenvalue weighted by Crippen LogP contribution is -2.60. The molecular formula is C34H48N4O4. The first-order valence-corrected chi connectivity index (χ1v) is 15.2. The number of piperazine rings is 1. The zero-order valence-corrected chi connectivity index (χ0v) is 26.2. The Morgan fingerprint density at radius 3 is 2.10 bits per heavy atom. The Balaban J connectivity index is 1.50. The maximum absolute atomic E-state index is 13.7. The van der Waals surface area contributed by atoms with E-state index in [0.29, 0.717) is 24.6 Å². The second kappa shape index (κ2) is 13.7. The number of piperidine rings is 1. The van der Waals surface area contributed by atoms with Crippen LogP contribution in [0.2, 0.25) is 0 Å². The Bertz CT molecular complexity index is 1200. The highest BCUT2D eigenvalue weighted by molar-refractivity contribution is 5.77. The van der Waals surface area contributed by atoms with E-state index in [-0.39, 0.29) is 41.8 Å². The zero-order chi connectivity index (χ0) is 30.4. The molecule has 2 aliphatic rings. The lowest BCUT2D eigenvalue weighted by atomic mass is 9.82. The van der Waals surface area contributed by atoms with Gasteiger partial charge in [-0.15, -0.1) is 0 Å². The summed E-state index contributed by atoms with van der Waals surface area (Å²) in [6.07, 6.45) is 2.34. The van der Waals surface area contributed by atoms with E-state index in [4.69, 9.17) is 4.74 Å². The monoisotopic (exact) mass is 576 g/mol. The number of benzene rings is 2. The molecule has 228 valence electrons. The van der Waals surface area contributed by atoms with Gasteiger partial charge < -0.3 is 19.4 Å². The van der Waals surface area contributed by atoms with Crippen LogP contribution < -0.4 is 4.74 Å². The largest absolute Gasteiger partial charge is 0.484 e. The SMILES string of the molecule is CC(=O)N1CCC(CC(=O)N2CCN(C(c3ccccc3)c3ccc(OCC(=O)N(C)C)cc3)C[C@@H]2C(C)(C)C)CC1. The van der Waals surface area contributed by atoms with Crippen molar-refractivity contribution in [2.45, 2.75) is 59.0 Å². The molecule has 0 bridgehead atoms. The van der Waals surface area contributed by atoms with Crippen molar-refractivity contribution in [3.05, 3.63) is 65.7 Å². The summed E-state index contributed by atoms with van der Waals surface area (Å²) in [5.41, 5.74) is 2.26. The van der Waals surface area contributed by atoms with Crippen LogP contribution in [0.25, 0.3) is 0 Å². The van der Waals surface area contributed by atoms with Gasteiger partial charge in [-0.1, -0.05) is 63.2 Å². The number of likely N-dealkylation sites (N-methyl/N-ethyl adjacent to an activating group) is 1. The van der Waals surface area contributed by atoms with E-state index in [1.165, 1.54) is 10.5 Å². The van der Waals surface area contributed by atoms with Crippen LogP contribution >= 0.6 is 0 Å². The molecule has 0 aromatic heterocycles. The third-order valence-electron chi connectivity index (χ3n) is 8.79. The minimum Gasteiger partial charge on any atom is -0.484 e. The van der Waals surface area contributed by atoms with Crippen LogP contribution in [0.15, 0.2) is 54.6 Å². The minimum atomic E-state index is -0.0930. The number of rotatable bonds is 8. The molecule has 2 aromatic carbocycles. The van der Waals surface area contributed by atoms with Gasteiger partial charge in [-0.05, 0) is 47.4 Å². The van der Waals surface area contributed by atoms with Crippen molar-refractivity contribution in [1.82, 2.24) is 19.6 Å². The summed E-state index contributed by atoms with van der Waals surface area (Å²) < 4.78 is 5.73. The first-order valence-electron chi connectivity index (χ1n) is 15.2. The lowest BCUT2D eigenvalue weighted by Gasteiger charge is -2.50. The van der Waals surface area contributed by atoms with Gasteiger partial charge in [0.15, 0.2) is 6.61 Å². The van der Waals surface area contributed by atoms with Gasteiger partial charge >= 0.3 is 0 Å². The van der Waals surface area contributed by atoms with Gasteiger partial charge in [0.1, 0.15) is 5.75 Å². The highest BCUT2D eigenvalue weighted by Gasteiger charge is 2.40. The summed E-state index contributed by atoms with van der Waals surface area (Å²) in [5, 5.41) is 0. The molecule has 0 N–H and O–H groups in total. The Hall–Kier alpha value is -3.39. The molecule has 0 aliphatic carbocycles. The molecule has 2 aliphatic heterocycles. The van der Waals surface area contributed by atoms with E-state index in [2.05, 4.69) is 67.0 Å². The highest BCUT2D eigenvalue weighted by atomic mass is 16.5. The smallest absolute Gasteiger partial charge is 0.259 e. The van der Waals surface area contributed by atoms with Crippen molar-refractivity contribution in [3.8, 4) is 5.75 Å². The average molecular weight is 577 g/mol. The maximum Gasteiger partial charge on any atom is 0.259 e. The minimum absolute atomic E-state index is 0.00749. The second-order valence-corrected chi connectivity index (χ2v) is 13.1. The summed E-state index contributed by atoms with van der Waals surface area (Å²) >= 11 is 0. The van der Waals surface area contributed by atoms with Gasteiger partial charge in [-0.2, -0.15) is 0 Å².